The van der Waals surface area contributed by atoms with Crippen LogP contribution in [0.3, 0.4) is 0 Å². The number of fused-ring (bicyclic) bond motifs is 1. The van der Waals surface area contributed by atoms with Crippen LogP contribution in [0, 0.1) is 11.7 Å². The first-order valence-corrected chi connectivity index (χ1v) is 8.08. The summed E-state index contributed by atoms with van der Waals surface area (Å²) >= 11 is 0. The van der Waals surface area contributed by atoms with Gasteiger partial charge in [0, 0.05) is 0 Å². The molecule has 0 N–H and O–H groups in total. The Morgan fingerprint density at radius 3 is 2.08 bits per heavy atom. The fourth-order valence-electron chi connectivity index (χ4n) is 3.36. The standard InChI is InChI=1S/C18H15F7O/c19-12-4-7-14-10(9-12)1-8-15(16(14)18(23,24)25)26-13-5-2-11(3-6-13)17(20,21)22/h1,4,7-9,11,13H,2-3,5-6H2. The second-order valence-corrected chi connectivity index (χ2v) is 6.44. The minimum atomic E-state index is -4.74. The summed E-state index contributed by atoms with van der Waals surface area (Å²) in [5.41, 5.74) is -1.03. The molecule has 142 valence electrons. The predicted molar refractivity (Wildman–Crippen MR) is 81.3 cm³/mol. The first kappa shape index (κ1) is 18.8. The van der Waals surface area contributed by atoms with E-state index in [1.807, 2.05) is 0 Å². The van der Waals surface area contributed by atoms with E-state index in [0.29, 0.717) is 0 Å². The van der Waals surface area contributed by atoms with Gasteiger partial charge >= 0.3 is 12.4 Å². The fourth-order valence-corrected chi connectivity index (χ4v) is 3.36. The van der Waals surface area contributed by atoms with Crippen LogP contribution in [0.1, 0.15) is 31.2 Å². The quantitative estimate of drug-likeness (QED) is 0.541. The average molecular weight is 380 g/mol. The molecule has 26 heavy (non-hydrogen) atoms. The second kappa shape index (κ2) is 6.63. The van der Waals surface area contributed by atoms with Crippen LogP contribution in [0.4, 0.5) is 30.7 Å². The first-order chi connectivity index (χ1) is 12.1. The highest BCUT2D eigenvalue weighted by molar-refractivity contribution is 5.88. The Balaban J connectivity index is 1.88. The number of hydrogen-bond donors (Lipinski definition) is 0. The van der Waals surface area contributed by atoms with Crippen LogP contribution in [-0.2, 0) is 6.18 Å². The Hall–Kier alpha value is -1.99. The third-order valence-corrected chi connectivity index (χ3v) is 4.66. The lowest BCUT2D eigenvalue weighted by Crippen LogP contribution is -2.32. The summed E-state index contributed by atoms with van der Waals surface area (Å²) < 4.78 is 97.4. The largest absolute Gasteiger partial charge is 0.490 e. The number of benzene rings is 2. The third kappa shape index (κ3) is 3.88. The lowest BCUT2D eigenvalue weighted by Gasteiger charge is -2.31. The van der Waals surface area contributed by atoms with E-state index < -0.39 is 41.5 Å². The molecule has 8 heteroatoms. The zero-order chi connectivity index (χ0) is 19.1. The Bertz CT molecular complexity index is 786. The molecule has 1 saturated carbocycles. The molecular formula is C18H15F7O. The number of rotatable bonds is 2. The summed E-state index contributed by atoms with van der Waals surface area (Å²) in [5, 5.41) is -0.133. The van der Waals surface area contributed by atoms with Gasteiger partial charge in [-0.2, -0.15) is 26.3 Å². The highest BCUT2D eigenvalue weighted by Gasteiger charge is 2.42. The summed E-state index contributed by atoms with van der Waals surface area (Å²) in [6.07, 6.45) is -10.0. The smallest absolute Gasteiger partial charge is 0.420 e. The van der Waals surface area contributed by atoms with Gasteiger partial charge in [-0.25, -0.2) is 4.39 Å². The van der Waals surface area contributed by atoms with Crippen LogP contribution in [0.25, 0.3) is 10.8 Å². The maximum atomic E-state index is 13.5. The molecule has 0 spiro atoms. The molecule has 0 amide bonds. The summed E-state index contributed by atoms with van der Waals surface area (Å²) in [7, 11) is 0. The maximum absolute atomic E-state index is 13.5. The number of alkyl halides is 6. The van der Waals surface area contributed by atoms with Crippen molar-refractivity contribution in [3.05, 3.63) is 41.7 Å². The van der Waals surface area contributed by atoms with Gasteiger partial charge in [-0.15, -0.1) is 0 Å². The van der Waals surface area contributed by atoms with Gasteiger partial charge in [0.25, 0.3) is 0 Å². The molecule has 0 atom stereocenters. The molecule has 2 aromatic rings. The molecular weight excluding hydrogens is 365 g/mol. The van der Waals surface area contributed by atoms with Gasteiger partial charge in [0.05, 0.1) is 12.0 Å². The molecule has 0 heterocycles. The van der Waals surface area contributed by atoms with E-state index in [1.165, 1.54) is 6.07 Å². The molecule has 0 unspecified atom stereocenters. The average Bonchev–Trinajstić information content (AvgIpc) is 2.53. The normalized spacial score (nSPS) is 21.8. The highest BCUT2D eigenvalue weighted by Crippen LogP contribution is 2.43. The topological polar surface area (TPSA) is 9.23 Å². The Kier molecular flexibility index (Phi) is 4.79. The van der Waals surface area contributed by atoms with Crippen molar-refractivity contribution in [2.45, 2.75) is 44.1 Å². The van der Waals surface area contributed by atoms with Gasteiger partial charge in [0.2, 0.25) is 0 Å². The Labute approximate surface area is 144 Å². The Morgan fingerprint density at radius 1 is 0.846 bits per heavy atom. The van der Waals surface area contributed by atoms with Crippen LogP contribution in [0.5, 0.6) is 5.75 Å². The fraction of sp³-hybridized carbons (Fsp3) is 0.444. The van der Waals surface area contributed by atoms with Gasteiger partial charge in [0.1, 0.15) is 17.1 Å². The number of hydrogen-bond acceptors (Lipinski definition) is 1. The van der Waals surface area contributed by atoms with Crippen LogP contribution >= 0.6 is 0 Å². The SMILES string of the molecule is Fc1ccc2c(C(F)(F)F)c(OC3CCC(C(F)(F)F)CC3)ccc2c1. The van der Waals surface area contributed by atoms with Crippen molar-refractivity contribution in [3.8, 4) is 5.75 Å². The van der Waals surface area contributed by atoms with Gasteiger partial charge in [-0.05, 0) is 54.7 Å². The molecule has 0 aliphatic heterocycles. The summed E-state index contributed by atoms with van der Waals surface area (Å²) in [5.74, 6) is -2.54. The van der Waals surface area contributed by atoms with E-state index in [0.717, 1.165) is 24.3 Å². The minimum absolute atomic E-state index is 0.0307. The zero-order valence-electron chi connectivity index (χ0n) is 13.4. The van der Waals surface area contributed by atoms with E-state index in [2.05, 4.69) is 0 Å². The van der Waals surface area contributed by atoms with Crippen molar-refractivity contribution in [2.24, 2.45) is 5.92 Å². The molecule has 0 aromatic heterocycles. The van der Waals surface area contributed by atoms with E-state index in [1.54, 1.807) is 0 Å². The monoisotopic (exact) mass is 380 g/mol. The van der Waals surface area contributed by atoms with Crippen molar-refractivity contribution in [2.75, 3.05) is 0 Å². The number of halogens is 7. The van der Waals surface area contributed by atoms with Gasteiger partial charge in [0.15, 0.2) is 0 Å². The molecule has 0 bridgehead atoms. The summed E-state index contributed by atoms with van der Waals surface area (Å²) in [6.45, 7) is 0. The molecule has 1 nitrogen and oxygen atoms in total. The van der Waals surface area contributed by atoms with Crippen LogP contribution in [-0.4, -0.2) is 12.3 Å². The van der Waals surface area contributed by atoms with E-state index in [-0.39, 0.29) is 36.5 Å². The maximum Gasteiger partial charge on any atom is 0.420 e. The predicted octanol–water partition coefficient (Wildman–Crippen LogP) is 6.50. The van der Waals surface area contributed by atoms with Crippen molar-refractivity contribution < 1.29 is 35.5 Å². The molecule has 2 aromatic carbocycles. The molecule has 1 aliphatic carbocycles. The number of ether oxygens (including phenoxy) is 1. The van der Waals surface area contributed by atoms with Crippen LogP contribution < -0.4 is 4.74 Å². The van der Waals surface area contributed by atoms with Crippen molar-refractivity contribution in [1.29, 1.82) is 0 Å². The highest BCUT2D eigenvalue weighted by atomic mass is 19.4. The molecule has 3 rings (SSSR count). The lowest BCUT2D eigenvalue weighted by atomic mass is 9.87. The van der Waals surface area contributed by atoms with E-state index in [9.17, 15) is 30.7 Å². The van der Waals surface area contributed by atoms with Crippen LogP contribution in [0.2, 0.25) is 0 Å². The van der Waals surface area contributed by atoms with Crippen molar-refractivity contribution >= 4 is 10.8 Å². The molecule has 1 fully saturated rings. The van der Waals surface area contributed by atoms with E-state index >= 15 is 0 Å². The first-order valence-electron chi connectivity index (χ1n) is 8.08. The minimum Gasteiger partial charge on any atom is -0.490 e. The summed E-state index contributed by atoms with van der Waals surface area (Å²) in [6, 6.07) is 5.35. The third-order valence-electron chi connectivity index (χ3n) is 4.66. The lowest BCUT2D eigenvalue weighted by molar-refractivity contribution is -0.185. The van der Waals surface area contributed by atoms with Crippen molar-refractivity contribution in [3.63, 3.8) is 0 Å². The Morgan fingerprint density at radius 2 is 1.50 bits per heavy atom. The van der Waals surface area contributed by atoms with Crippen LogP contribution in [0.15, 0.2) is 30.3 Å². The summed E-state index contributed by atoms with van der Waals surface area (Å²) in [4.78, 5) is 0. The molecule has 1 aliphatic rings. The van der Waals surface area contributed by atoms with Gasteiger partial charge in [-0.3, -0.25) is 0 Å². The van der Waals surface area contributed by atoms with Crippen molar-refractivity contribution in [1.82, 2.24) is 0 Å². The second-order valence-electron chi connectivity index (χ2n) is 6.44. The van der Waals surface area contributed by atoms with Gasteiger partial charge < -0.3 is 4.74 Å². The van der Waals surface area contributed by atoms with E-state index in [4.69, 9.17) is 4.74 Å². The van der Waals surface area contributed by atoms with Gasteiger partial charge in [-0.1, -0.05) is 12.1 Å². The molecule has 0 radical (unpaired) electrons. The molecule has 0 saturated heterocycles. The zero-order valence-corrected chi connectivity index (χ0v) is 13.4.